The van der Waals surface area contributed by atoms with E-state index in [1.54, 1.807) is 0 Å². The summed E-state index contributed by atoms with van der Waals surface area (Å²) in [6.07, 6.45) is 8.22. The van der Waals surface area contributed by atoms with Crippen LogP contribution in [-0.2, 0) is 0 Å². The number of nitrogens with one attached hydrogen (secondary N) is 1. The summed E-state index contributed by atoms with van der Waals surface area (Å²) >= 11 is 0. The minimum Gasteiger partial charge on any atom is -0.313 e. The van der Waals surface area contributed by atoms with Crippen LogP contribution in [0.1, 0.15) is 66.2 Å². The molecule has 1 N–H and O–H groups in total. The molecule has 2 nitrogen and oxygen atoms in total. The second-order valence-corrected chi connectivity index (χ2v) is 6.49. The van der Waals surface area contributed by atoms with Crippen LogP contribution in [0.25, 0.3) is 0 Å². The highest BCUT2D eigenvalue weighted by Gasteiger charge is 2.21. The highest BCUT2D eigenvalue weighted by Crippen LogP contribution is 2.15. The van der Waals surface area contributed by atoms with E-state index in [0.717, 1.165) is 18.0 Å². The molecular formula is C16H34N2. The molecule has 2 heteroatoms. The first-order valence-corrected chi connectivity index (χ1v) is 8.11. The van der Waals surface area contributed by atoms with Crippen LogP contribution < -0.4 is 5.32 Å². The van der Waals surface area contributed by atoms with Crippen LogP contribution in [0.4, 0.5) is 0 Å². The van der Waals surface area contributed by atoms with E-state index in [9.17, 15) is 0 Å². The van der Waals surface area contributed by atoms with Gasteiger partial charge < -0.3 is 5.32 Å². The van der Waals surface area contributed by atoms with Crippen molar-refractivity contribution in [1.29, 1.82) is 0 Å². The highest BCUT2D eigenvalue weighted by atomic mass is 15.2. The first-order chi connectivity index (χ1) is 8.63. The quantitative estimate of drug-likeness (QED) is 0.632. The Morgan fingerprint density at radius 1 is 1.22 bits per heavy atom. The maximum absolute atomic E-state index is 3.64. The van der Waals surface area contributed by atoms with E-state index in [1.165, 1.54) is 58.2 Å². The van der Waals surface area contributed by atoms with E-state index in [2.05, 4.69) is 37.9 Å². The van der Waals surface area contributed by atoms with Gasteiger partial charge in [0.2, 0.25) is 0 Å². The van der Waals surface area contributed by atoms with Gasteiger partial charge in [-0.2, -0.15) is 0 Å². The zero-order chi connectivity index (χ0) is 13.4. The summed E-state index contributed by atoms with van der Waals surface area (Å²) in [4.78, 5) is 2.73. The summed E-state index contributed by atoms with van der Waals surface area (Å²) in [5, 5.41) is 3.64. The van der Waals surface area contributed by atoms with Gasteiger partial charge in [0.15, 0.2) is 0 Å². The molecule has 0 aromatic carbocycles. The van der Waals surface area contributed by atoms with E-state index < -0.39 is 0 Å². The standard InChI is InChI=1S/C16H34N2/c1-5-6-7-9-15(4)18(12-14(2)3)13-16-10-8-11-17-16/h14-17H,5-13H2,1-4H3. The number of nitrogens with zero attached hydrogens (tertiary/aromatic N) is 1. The summed E-state index contributed by atoms with van der Waals surface area (Å²) in [7, 11) is 0. The van der Waals surface area contributed by atoms with Crippen LogP contribution in [0.2, 0.25) is 0 Å². The van der Waals surface area contributed by atoms with Gasteiger partial charge in [0, 0.05) is 25.2 Å². The lowest BCUT2D eigenvalue weighted by atomic mass is 10.1. The minimum atomic E-state index is 0.748. The van der Waals surface area contributed by atoms with Crippen molar-refractivity contribution in [2.24, 2.45) is 5.92 Å². The third-order valence-corrected chi connectivity index (χ3v) is 4.07. The van der Waals surface area contributed by atoms with Gasteiger partial charge in [-0.1, -0.05) is 40.0 Å². The summed E-state index contributed by atoms with van der Waals surface area (Å²) in [5.74, 6) is 0.778. The third-order valence-electron chi connectivity index (χ3n) is 4.07. The lowest BCUT2D eigenvalue weighted by Gasteiger charge is -2.33. The van der Waals surface area contributed by atoms with E-state index >= 15 is 0 Å². The van der Waals surface area contributed by atoms with Crippen molar-refractivity contribution in [3.05, 3.63) is 0 Å². The Labute approximate surface area is 115 Å². The van der Waals surface area contributed by atoms with Gasteiger partial charge in [0.05, 0.1) is 0 Å². The maximum atomic E-state index is 3.64. The molecule has 0 amide bonds. The van der Waals surface area contributed by atoms with Crippen molar-refractivity contribution in [3.63, 3.8) is 0 Å². The van der Waals surface area contributed by atoms with Crippen molar-refractivity contribution in [3.8, 4) is 0 Å². The Balaban J connectivity index is 2.37. The fourth-order valence-electron chi connectivity index (χ4n) is 2.97. The molecule has 18 heavy (non-hydrogen) atoms. The average molecular weight is 254 g/mol. The summed E-state index contributed by atoms with van der Waals surface area (Å²) in [5.41, 5.74) is 0. The Morgan fingerprint density at radius 3 is 2.56 bits per heavy atom. The summed E-state index contributed by atoms with van der Waals surface area (Å²) < 4.78 is 0. The molecule has 1 aliphatic rings. The number of hydrogen-bond acceptors (Lipinski definition) is 2. The van der Waals surface area contributed by atoms with Gasteiger partial charge in [-0.3, -0.25) is 4.90 Å². The molecule has 1 heterocycles. The molecule has 0 aliphatic carbocycles. The first-order valence-electron chi connectivity index (χ1n) is 8.11. The Morgan fingerprint density at radius 2 is 2.00 bits per heavy atom. The normalized spacial score (nSPS) is 22.0. The zero-order valence-electron chi connectivity index (χ0n) is 13.0. The predicted octanol–water partition coefficient (Wildman–Crippen LogP) is 3.67. The van der Waals surface area contributed by atoms with E-state index in [0.29, 0.717) is 0 Å². The van der Waals surface area contributed by atoms with Crippen molar-refractivity contribution in [2.75, 3.05) is 19.6 Å². The molecule has 0 aromatic heterocycles. The Bertz CT molecular complexity index is 197. The highest BCUT2D eigenvalue weighted by molar-refractivity contribution is 4.80. The molecule has 0 bridgehead atoms. The van der Waals surface area contributed by atoms with Crippen molar-refractivity contribution in [2.45, 2.75) is 78.3 Å². The van der Waals surface area contributed by atoms with E-state index in [-0.39, 0.29) is 0 Å². The van der Waals surface area contributed by atoms with Gasteiger partial charge in [0.1, 0.15) is 0 Å². The minimum absolute atomic E-state index is 0.748. The topological polar surface area (TPSA) is 15.3 Å². The molecule has 0 saturated carbocycles. The van der Waals surface area contributed by atoms with Crippen molar-refractivity contribution < 1.29 is 0 Å². The van der Waals surface area contributed by atoms with Crippen LogP contribution in [0, 0.1) is 5.92 Å². The van der Waals surface area contributed by atoms with E-state index in [1.807, 2.05) is 0 Å². The fourth-order valence-corrected chi connectivity index (χ4v) is 2.97. The Kier molecular flexibility index (Phi) is 7.92. The molecule has 0 radical (unpaired) electrons. The van der Waals surface area contributed by atoms with Gasteiger partial charge in [-0.25, -0.2) is 0 Å². The number of rotatable bonds is 9. The lowest BCUT2D eigenvalue weighted by Crippen LogP contribution is -2.44. The van der Waals surface area contributed by atoms with Gasteiger partial charge in [0.25, 0.3) is 0 Å². The maximum Gasteiger partial charge on any atom is 0.0195 e. The van der Waals surface area contributed by atoms with Gasteiger partial charge in [-0.15, -0.1) is 0 Å². The monoisotopic (exact) mass is 254 g/mol. The molecule has 0 spiro atoms. The second-order valence-electron chi connectivity index (χ2n) is 6.49. The Hall–Kier alpha value is -0.0800. The zero-order valence-corrected chi connectivity index (χ0v) is 13.0. The molecule has 2 atom stereocenters. The molecule has 108 valence electrons. The molecular weight excluding hydrogens is 220 g/mol. The van der Waals surface area contributed by atoms with Crippen LogP contribution in [-0.4, -0.2) is 36.6 Å². The van der Waals surface area contributed by atoms with E-state index in [4.69, 9.17) is 0 Å². The van der Waals surface area contributed by atoms with Crippen molar-refractivity contribution >= 4 is 0 Å². The van der Waals surface area contributed by atoms with Crippen LogP contribution in [0.5, 0.6) is 0 Å². The molecule has 1 saturated heterocycles. The molecule has 1 aliphatic heterocycles. The fraction of sp³-hybridized carbons (Fsp3) is 1.00. The SMILES string of the molecule is CCCCCC(C)N(CC(C)C)CC1CCCN1. The summed E-state index contributed by atoms with van der Waals surface area (Å²) in [6.45, 7) is 13.1. The second kappa shape index (κ2) is 8.92. The van der Waals surface area contributed by atoms with Gasteiger partial charge >= 0.3 is 0 Å². The van der Waals surface area contributed by atoms with Gasteiger partial charge in [-0.05, 0) is 38.6 Å². The smallest absolute Gasteiger partial charge is 0.0195 e. The number of unbranched alkanes of at least 4 members (excludes halogenated alkanes) is 2. The molecule has 2 unspecified atom stereocenters. The van der Waals surface area contributed by atoms with Crippen molar-refractivity contribution in [1.82, 2.24) is 10.2 Å². The average Bonchev–Trinajstić information content (AvgIpc) is 2.80. The van der Waals surface area contributed by atoms with Crippen LogP contribution in [0.3, 0.4) is 0 Å². The lowest BCUT2D eigenvalue weighted by molar-refractivity contribution is 0.161. The number of hydrogen-bond donors (Lipinski definition) is 1. The molecule has 1 fully saturated rings. The predicted molar refractivity (Wildman–Crippen MR) is 81.0 cm³/mol. The molecule has 1 rings (SSSR count). The van der Waals surface area contributed by atoms with Crippen LogP contribution in [0.15, 0.2) is 0 Å². The molecule has 0 aromatic rings. The first kappa shape index (κ1) is 16.0. The van der Waals surface area contributed by atoms with Crippen LogP contribution >= 0.6 is 0 Å². The summed E-state index contributed by atoms with van der Waals surface area (Å²) in [6, 6.07) is 1.50. The largest absolute Gasteiger partial charge is 0.313 e. The third kappa shape index (κ3) is 6.19.